The third kappa shape index (κ3) is 4.74. The highest BCUT2D eigenvalue weighted by molar-refractivity contribution is 5.90. The first-order valence-electron chi connectivity index (χ1n) is 6.61. The van der Waals surface area contributed by atoms with E-state index in [-0.39, 0.29) is 5.54 Å². The van der Waals surface area contributed by atoms with Crippen LogP contribution < -0.4 is 15.2 Å². The van der Waals surface area contributed by atoms with Crippen molar-refractivity contribution in [2.24, 2.45) is 5.73 Å². The molecule has 1 unspecified atom stereocenters. The topological polar surface area (TPSA) is 70.8 Å². The highest BCUT2D eigenvalue weighted by Gasteiger charge is 2.17. The predicted octanol–water partition coefficient (Wildman–Crippen LogP) is 2.38. The zero-order valence-corrected chi connectivity index (χ0v) is 12.6. The van der Waals surface area contributed by atoms with E-state index >= 15 is 0 Å². The first-order valence-corrected chi connectivity index (χ1v) is 6.61. The van der Waals surface area contributed by atoms with Crippen LogP contribution in [-0.4, -0.2) is 32.3 Å². The van der Waals surface area contributed by atoms with Crippen LogP contribution in [0.4, 0.5) is 0 Å². The highest BCUT2D eigenvalue weighted by Crippen LogP contribution is 2.23. The van der Waals surface area contributed by atoms with E-state index in [0.717, 1.165) is 6.42 Å². The fourth-order valence-corrected chi connectivity index (χ4v) is 1.56. The molecular weight excluding hydrogens is 258 g/mol. The van der Waals surface area contributed by atoms with Gasteiger partial charge >= 0.3 is 5.97 Å². The molecule has 0 aliphatic carbocycles. The summed E-state index contributed by atoms with van der Waals surface area (Å²) in [6, 6.07) is 4.93. The Bertz CT molecular complexity index is 435. The summed E-state index contributed by atoms with van der Waals surface area (Å²) in [5.41, 5.74) is 6.09. The number of methoxy groups -OCH3 is 2. The Hall–Kier alpha value is -1.75. The monoisotopic (exact) mass is 281 g/mol. The first-order chi connectivity index (χ1) is 9.41. The number of esters is 1. The number of benzene rings is 1. The lowest BCUT2D eigenvalue weighted by Gasteiger charge is -2.22. The highest BCUT2D eigenvalue weighted by atomic mass is 16.5. The molecule has 2 N–H and O–H groups in total. The van der Waals surface area contributed by atoms with E-state index in [1.54, 1.807) is 18.2 Å². The molecule has 0 bridgehead atoms. The van der Waals surface area contributed by atoms with Crippen LogP contribution in [-0.2, 0) is 4.74 Å². The third-order valence-corrected chi connectivity index (χ3v) is 3.30. The SMILES string of the molecule is CCC(C)(N)CCOC(=O)c1cc(OC)cc(OC)c1. The summed E-state index contributed by atoms with van der Waals surface area (Å²) in [5.74, 6) is 0.691. The molecule has 1 rings (SSSR count). The molecule has 0 aromatic heterocycles. The first kappa shape index (κ1) is 16.3. The van der Waals surface area contributed by atoms with Crippen molar-refractivity contribution in [1.82, 2.24) is 0 Å². The van der Waals surface area contributed by atoms with Crippen molar-refractivity contribution in [3.05, 3.63) is 23.8 Å². The van der Waals surface area contributed by atoms with Gasteiger partial charge in [0, 0.05) is 11.6 Å². The van der Waals surface area contributed by atoms with Crippen molar-refractivity contribution < 1.29 is 19.0 Å². The number of carbonyl (C=O) groups excluding carboxylic acids is 1. The van der Waals surface area contributed by atoms with Gasteiger partial charge in [-0.1, -0.05) is 6.92 Å². The lowest BCUT2D eigenvalue weighted by molar-refractivity contribution is 0.0477. The third-order valence-electron chi connectivity index (χ3n) is 3.30. The Morgan fingerprint density at radius 1 is 1.20 bits per heavy atom. The van der Waals surface area contributed by atoms with Gasteiger partial charge in [0.05, 0.1) is 26.4 Å². The fraction of sp³-hybridized carbons (Fsp3) is 0.533. The minimum atomic E-state index is -0.408. The summed E-state index contributed by atoms with van der Waals surface area (Å²) in [6.45, 7) is 4.24. The molecule has 20 heavy (non-hydrogen) atoms. The van der Waals surface area contributed by atoms with Crippen LogP contribution in [0.1, 0.15) is 37.0 Å². The molecule has 0 amide bonds. The second kappa shape index (κ2) is 7.14. The van der Waals surface area contributed by atoms with E-state index < -0.39 is 5.97 Å². The van der Waals surface area contributed by atoms with Crippen LogP contribution in [0.3, 0.4) is 0 Å². The van der Waals surface area contributed by atoms with Crippen LogP contribution >= 0.6 is 0 Å². The zero-order chi connectivity index (χ0) is 15.2. The number of hydrogen-bond donors (Lipinski definition) is 1. The summed E-state index contributed by atoms with van der Waals surface area (Å²) in [5, 5.41) is 0. The van der Waals surface area contributed by atoms with Crippen LogP contribution in [0.2, 0.25) is 0 Å². The maximum absolute atomic E-state index is 12.0. The molecule has 0 heterocycles. The Kier molecular flexibility index (Phi) is 5.82. The Balaban J connectivity index is 2.68. The van der Waals surface area contributed by atoms with E-state index in [4.69, 9.17) is 19.9 Å². The minimum Gasteiger partial charge on any atom is -0.497 e. The lowest BCUT2D eigenvalue weighted by atomic mass is 9.97. The molecule has 112 valence electrons. The van der Waals surface area contributed by atoms with Gasteiger partial charge in [-0.05, 0) is 31.9 Å². The average Bonchev–Trinajstić information content (AvgIpc) is 2.46. The second-order valence-corrected chi connectivity index (χ2v) is 4.99. The van der Waals surface area contributed by atoms with Crippen LogP contribution in [0.25, 0.3) is 0 Å². The molecule has 5 heteroatoms. The van der Waals surface area contributed by atoms with E-state index in [0.29, 0.717) is 30.1 Å². The predicted molar refractivity (Wildman–Crippen MR) is 77.3 cm³/mol. The van der Waals surface area contributed by atoms with Crippen molar-refractivity contribution in [3.63, 3.8) is 0 Å². The van der Waals surface area contributed by atoms with Gasteiger partial charge in [-0.2, -0.15) is 0 Å². The Morgan fingerprint density at radius 2 is 1.75 bits per heavy atom. The van der Waals surface area contributed by atoms with Crippen LogP contribution in [0.15, 0.2) is 18.2 Å². The van der Waals surface area contributed by atoms with E-state index in [9.17, 15) is 4.79 Å². The molecule has 1 atom stereocenters. The smallest absolute Gasteiger partial charge is 0.338 e. The van der Waals surface area contributed by atoms with Gasteiger partial charge in [0.1, 0.15) is 11.5 Å². The van der Waals surface area contributed by atoms with Gasteiger partial charge in [-0.3, -0.25) is 0 Å². The maximum Gasteiger partial charge on any atom is 0.338 e. The molecule has 0 fully saturated rings. The lowest BCUT2D eigenvalue weighted by Crippen LogP contribution is -2.36. The zero-order valence-electron chi connectivity index (χ0n) is 12.6. The summed E-state index contributed by atoms with van der Waals surface area (Å²) < 4.78 is 15.5. The van der Waals surface area contributed by atoms with Crippen molar-refractivity contribution in [2.75, 3.05) is 20.8 Å². The summed E-state index contributed by atoms with van der Waals surface area (Å²) >= 11 is 0. The number of carbonyl (C=O) groups is 1. The van der Waals surface area contributed by atoms with Gasteiger partial charge < -0.3 is 19.9 Å². The standard InChI is InChI=1S/C15H23NO4/c1-5-15(2,16)6-7-20-14(17)11-8-12(18-3)10-13(9-11)19-4/h8-10H,5-7,16H2,1-4H3. The Labute approximate surface area is 120 Å². The molecule has 5 nitrogen and oxygen atoms in total. The number of hydrogen-bond acceptors (Lipinski definition) is 5. The van der Waals surface area contributed by atoms with Crippen molar-refractivity contribution in [3.8, 4) is 11.5 Å². The molecule has 0 aliphatic heterocycles. The number of ether oxygens (including phenoxy) is 3. The molecular formula is C15H23NO4. The van der Waals surface area contributed by atoms with Gasteiger partial charge in [0.15, 0.2) is 0 Å². The largest absolute Gasteiger partial charge is 0.497 e. The molecule has 0 radical (unpaired) electrons. The van der Waals surface area contributed by atoms with Gasteiger partial charge in [-0.25, -0.2) is 4.79 Å². The number of rotatable bonds is 7. The minimum absolute atomic E-state index is 0.291. The van der Waals surface area contributed by atoms with Crippen LogP contribution in [0.5, 0.6) is 11.5 Å². The van der Waals surface area contributed by atoms with E-state index in [1.807, 2.05) is 13.8 Å². The van der Waals surface area contributed by atoms with Gasteiger partial charge in [-0.15, -0.1) is 0 Å². The summed E-state index contributed by atoms with van der Waals surface area (Å²) in [4.78, 5) is 12.0. The summed E-state index contributed by atoms with van der Waals surface area (Å²) in [6.07, 6.45) is 1.45. The van der Waals surface area contributed by atoms with E-state index in [1.165, 1.54) is 14.2 Å². The normalized spacial score (nSPS) is 13.4. The molecule has 0 spiro atoms. The van der Waals surface area contributed by atoms with Crippen molar-refractivity contribution in [2.45, 2.75) is 32.2 Å². The average molecular weight is 281 g/mol. The number of nitrogens with two attached hydrogens (primary N) is 1. The fourth-order valence-electron chi connectivity index (χ4n) is 1.56. The van der Waals surface area contributed by atoms with Crippen molar-refractivity contribution in [1.29, 1.82) is 0 Å². The molecule has 1 aromatic carbocycles. The maximum atomic E-state index is 12.0. The Morgan fingerprint density at radius 3 is 2.20 bits per heavy atom. The second-order valence-electron chi connectivity index (χ2n) is 4.99. The summed E-state index contributed by atoms with van der Waals surface area (Å²) in [7, 11) is 3.07. The molecule has 0 aliphatic rings. The van der Waals surface area contributed by atoms with Crippen LogP contribution in [0, 0.1) is 0 Å². The molecule has 0 saturated carbocycles. The van der Waals surface area contributed by atoms with Gasteiger partial charge in [0.2, 0.25) is 0 Å². The molecule has 1 aromatic rings. The van der Waals surface area contributed by atoms with Gasteiger partial charge in [0.25, 0.3) is 0 Å². The van der Waals surface area contributed by atoms with E-state index in [2.05, 4.69) is 0 Å². The van der Waals surface area contributed by atoms with Crippen molar-refractivity contribution >= 4 is 5.97 Å². The molecule has 0 saturated heterocycles. The quantitative estimate of drug-likeness (QED) is 0.777.